The summed E-state index contributed by atoms with van der Waals surface area (Å²) < 4.78 is 13.9. The van der Waals surface area contributed by atoms with E-state index in [2.05, 4.69) is 0 Å². The van der Waals surface area contributed by atoms with Gasteiger partial charge in [0.2, 0.25) is 0 Å². The highest BCUT2D eigenvalue weighted by Crippen LogP contribution is 2.22. The van der Waals surface area contributed by atoms with Crippen LogP contribution in [0.25, 0.3) is 0 Å². The van der Waals surface area contributed by atoms with Gasteiger partial charge in [0, 0.05) is 19.5 Å². The highest BCUT2D eigenvalue weighted by molar-refractivity contribution is 5.94. The molecule has 0 aliphatic carbocycles. The van der Waals surface area contributed by atoms with E-state index in [0.29, 0.717) is 19.5 Å². The van der Waals surface area contributed by atoms with E-state index >= 15 is 0 Å². The number of carboxylic acids is 1. The van der Waals surface area contributed by atoms with Gasteiger partial charge in [0.15, 0.2) is 0 Å². The molecule has 1 aromatic carbocycles. The molecule has 1 N–H and O–H groups in total. The third-order valence-corrected chi connectivity index (χ3v) is 3.95. The third-order valence-electron chi connectivity index (χ3n) is 3.95. The van der Waals surface area contributed by atoms with Crippen LogP contribution in [-0.2, 0) is 4.79 Å². The monoisotopic (exact) mass is 293 g/mol. The number of aliphatic carboxylic acids is 1. The van der Waals surface area contributed by atoms with Crippen LogP contribution in [-0.4, -0.2) is 35.0 Å². The van der Waals surface area contributed by atoms with Crippen molar-refractivity contribution < 1.29 is 19.1 Å². The Morgan fingerprint density at radius 3 is 2.76 bits per heavy atom. The van der Waals surface area contributed by atoms with Crippen molar-refractivity contribution in [3.8, 4) is 0 Å². The second kappa shape index (κ2) is 6.70. The number of nitrogens with zero attached hydrogens (tertiary/aromatic N) is 1. The minimum Gasteiger partial charge on any atom is -0.481 e. The molecule has 0 aromatic heterocycles. The molecule has 0 bridgehead atoms. The summed E-state index contributed by atoms with van der Waals surface area (Å²) in [5.41, 5.74) is 0.874. The van der Waals surface area contributed by atoms with Gasteiger partial charge in [-0.2, -0.15) is 0 Å². The SMILES string of the molecule is Cc1ccc(C(=O)N2CCCC(CC(=O)O)CC2)c(F)c1. The van der Waals surface area contributed by atoms with E-state index < -0.39 is 11.8 Å². The molecule has 0 spiro atoms. The lowest BCUT2D eigenvalue weighted by atomic mass is 9.97. The summed E-state index contributed by atoms with van der Waals surface area (Å²) in [6.07, 6.45) is 2.36. The number of halogens is 1. The van der Waals surface area contributed by atoms with Gasteiger partial charge in [0.05, 0.1) is 5.56 Å². The van der Waals surface area contributed by atoms with Crippen LogP contribution in [0.15, 0.2) is 18.2 Å². The average Bonchev–Trinajstić information content (AvgIpc) is 2.63. The Hall–Kier alpha value is -1.91. The Morgan fingerprint density at radius 2 is 2.10 bits per heavy atom. The Labute approximate surface area is 123 Å². The molecule has 1 amide bonds. The zero-order valence-electron chi connectivity index (χ0n) is 12.1. The van der Waals surface area contributed by atoms with E-state index in [1.165, 1.54) is 12.1 Å². The van der Waals surface area contributed by atoms with Crippen LogP contribution < -0.4 is 0 Å². The summed E-state index contributed by atoms with van der Waals surface area (Å²) in [4.78, 5) is 24.8. The molecule has 1 fully saturated rings. The summed E-state index contributed by atoms with van der Waals surface area (Å²) in [5.74, 6) is -1.50. The van der Waals surface area contributed by atoms with E-state index in [-0.39, 0.29) is 23.8 Å². The van der Waals surface area contributed by atoms with Crippen molar-refractivity contribution in [2.75, 3.05) is 13.1 Å². The van der Waals surface area contributed by atoms with E-state index in [1.807, 2.05) is 0 Å². The Morgan fingerprint density at radius 1 is 1.33 bits per heavy atom. The smallest absolute Gasteiger partial charge is 0.303 e. The number of amides is 1. The summed E-state index contributed by atoms with van der Waals surface area (Å²) in [5, 5.41) is 8.84. The van der Waals surface area contributed by atoms with Crippen LogP contribution in [0.4, 0.5) is 4.39 Å². The maximum absolute atomic E-state index is 13.9. The maximum Gasteiger partial charge on any atom is 0.303 e. The summed E-state index contributed by atoms with van der Waals surface area (Å²) in [6, 6.07) is 4.60. The second-order valence-electron chi connectivity index (χ2n) is 5.67. The van der Waals surface area contributed by atoms with Crippen LogP contribution >= 0.6 is 0 Å². The van der Waals surface area contributed by atoms with Gasteiger partial charge in [0.1, 0.15) is 5.82 Å². The molecule has 1 aliphatic heterocycles. The average molecular weight is 293 g/mol. The molecule has 1 atom stereocenters. The van der Waals surface area contributed by atoms with E-state index in [4.69, 9.17) is 5.11 Å². The van der Waals surface area contributed by atoms with Gasteiger partial charge in [-0.05, 0) is 49.8 Å². The Kier molecular flexibility index (Phi) is 4.94. The molecule has 0 saturated carbocycles. The number of carbonyl (C=O) groups is 2. The first-order valence-corrected chi connectivity index (χ1v) is 7.24. The second-order valence-corrected chi connectivity index (χ2v) is 5.67. The molecule has 1 unspecified atom stereocenters. The molecule has 0 radical (unpaired) electrons. The van der Waals surface area contributed by atoms with Crippen LogP contribution in [0.3, 0.4) is 0 Å². The van der Waals surface area contributed by atoms with Gasteiger partial charge in [0.25, 0.3) is 5.91 Å². The lowest BCUT2D eigenvalue weighted by Gasteiger charge is -2.21. The molecule has 5 heteroatoms. The van der Waals surface area contributed by atoms with Crippen LogP contribution in [0.2, 0.25) is 0 Å². The van der Waals surface area contributed by atoms with Crippen molar-refractivity contribution >= 4 is 11.9 Å². The zero-order valence-corrected chi connectivity index (χ0v) is 12.1. The van der Waals surface area contributed by atoms with Crippen LogP contribution in [0.5, 0.6) is 0 Å². The molecule has 21 heavy (non-hydrogen) atoms. The number of rotatable bonds is 3. The third kappa shape index (κ3) is 4.03. The van der Waals surface area contributed by atoms with E-state index in [0.717, 1.165) is 18.4 Å². The summed E-state index contributed by atoms with van der Waals surface area (Å²) in [6.45, 7) is 2.83. The lowest BCUT2D eigenvalue weighted by Crippen LogP contribution is -2.32. The molecule has 1 aliphatic rings. The minimum absolute atomic E-state index is 0.0947. The van der Waals surface area contributed by atoms with Gasteiger partial charge in [-0.15, -0.1) is 0 Å². The first-order chi connectivity index (χ1) is 9.97. The fourth-order valence-corrected chi connectivity index (χ4v) is 2.78. The fourth-order valence-electron chi connectivity index (χ4n) is 2.78. The molecule has 4 nitrogen and oxygen atoms in total. The lowest BCUT2D eigenvalue weighted by molar-refractivity contribution is -0.138. The molecule has 1 aromatic rings. The molecule has 114 valence electrons. The molecule has 1 saturated heterocycles. The minimum atomic E-state index is -0.802. The maximum atomic E-state index is 13.9. The van der Waals surface area contributed by atoms with Crippen molar-refractivity contribution in [2.24, 2.45) is 5.92 Å². The van der Waals surface area contributed by atoms with Crippen LogP contribution in [0.1, 0.15) is 41.6 Å². The first kappa shape index (κ1) is 15.5. The number of carbonyl (C=O) groups excluding carboxylic acids is 1. The van der Waals surface area contributed by atoms with Crippen molar-refractivity contribution in [3.05, 3.63) is 35.1 Å². The van der Waals surface area contributed by atoms with Gasteiger partial charge in [-0.3, -0.25) is 9.59 Å². The fraction of sp³-hybridized carbons (Fsp3) is 0.500. The predicted molar refractivity (Wildman–Crippen MR) is 76.6 cm³/mol. The van der Waals surface area contributed by atoms with Gasteiger partial charge >= 0.3 is 5.97 Å². The molecule has 2 rings (SSSR count). The van der Waals surface area contributed by atoms with E-state index in [9.17, 15) is 14.0 Å². The van der Waals surface area contributed by atoms with Crippen molar-refractivity contribution in [1.82, 2.24) is 4.90 Å². The van der Waals surface area contributed by atoms with Gasteiger partial charge < -0.3 is 10.0 Å². The predicted octanol–water partition coefficient (Wildman–Crippen LogP) is 2.85. The molecular formula is C16H20FNO3. The van der Waals surface area contributed by atoms with Crippen molar-refractivity contribution in [1.29, 1.82) is 0 Å². The number of aryl methyl sites for hydroxylation is 1. The number of hydrogen-bond acceptors (Lipinski definition) is 2. The Bertz CT molecular complexity index is 544. The normalized spacial score (nSPS) is 19.1. The summed E-state index contributed by atoms with van der Waals surface area (Å²) >= 11 is 0. The number of benzene rings is 1. The topological polar surface area (TPSA) is 57.6 Å². The van der Waals surface area contributed by atoms with Crippen molar-refractivity contribution in [2.45, 2.75) is 32.6 Å². The highest BCUT2D eigenvalue weighted by atomic mass is 19.1. The Balaban J connectivity index is 2.04. The number of carboxylic acid groups (broad SMARTS) is 1. The largest absolute Gasteiger partial charge is 0.481 e. The molecular weight excluding hydrogens is 273 g/mol. The van der Waals surface area contributed by atoms with Crippen molar-refractivity contribution in [3.63, 3.8) is 0 Å². The highest BCUT2D eigenvalue weighted by Gasteiger charge is 2.24. The number of hydrogen-bond donors (Lipinski definition) is 1. The summed E-state index contributed by atoms with van der Waals surface area (Å²) in [7, 11) is 0. The number of likely N-dealkylation sites (tertiary alicyclic amines) is 1. The van der Waals surface area contributed by atoms with Gasteiger partial charge in [-0.1, -0.05) is 6.07 Å². The first-order valence-electron chi connectivity index (χ1n) is 7.24. The quantitative estimate of drug-likeness (QED) is 0.932. The van der Waals surface area contributed by atoms with Crippen LogP contribution in [0, 0.1) is 18.7 Å². The standard InChI is InChI=1S/C16H20FNO3/c1-11-4-5-13(14(17)9-11)16(21)18-7-2-3-12(6-8-18)10-15(19)20/h4-5,9,12H,2-3,6-8,10H2,1H3,(H,19,20). The zero-order chi connectivity index (χ0) is 15.4. The molecule has 1 heterocycles. The van der Waals surface area contributed by atoms with E-state index in [1.54, 1.807) is 17.9 Å². The van der Waals surface area contributed by atoms with Gasteiger partial charge in [-0.25, -0.2) is 4.39 Å².